The fourth-order valence-electron chi connectivity index (χ4n) is 2.71. The van der Waals surface area contributed by atoms with Crippen molar-refractivity contribution in [2.24, 2.45) is 0 Å². The van der Waals surface area contributed by atoms with E-state index >= 15 is 0 Å². The molecule has 0 bridgehead atoms. The van der Waals surface area contributed by atoms with Crippen LogP contribution in [0.5, 0.6) is 0 Å². The van der Waals surface area contributed by atoms with Gasteiger partial charge in [0.25, 0.3) is 5.91 Å². The average Bonchev–Trinajstić information content (AvgIpc) is 2.70. The molecule has 28 heavy (non-hydrogen) atoms. The summed E-state index contributed by atoms with van der Waals surface area (Å²) >= 11 is 18.3. The molecule has 0 saturated carbocycles. The predicted octanol–water partition coefficient (Wildman–Crippen LogP) is 4.17. The molecule has 9 heteroatoms. The molecular formula is C19H18Cl3N3O3. The third kappa shape index (κ3) is 5.08. The summed E-state index contributed by atoms with van der Waals surface area (Å²) in [5, 5.41) is 6.62. The summed E-state index contributed by atoms with van der Waals surface area (Å²) in [6.45, 7) is 2.13. The Hall–Kier alpha value is -1.99. The van der Waals surface area contributed by atoms with Crippen molar-refractivity contribution in [3.8, 4) is 0 Å². The van der Waals surface area contributed by atoms with E-state index in [9.17, 15) is 9.59 Å². The topological polar surface area (TPSA) is 70.7 Å². The number of rotatable bonds is 5. The van der Waals surface area contributed by atoms with Gasteiger partial charge in [-0.3, -0.25) is 9.59 Å². The number of amides is 2. The van der Waals surface area contributed by atoms with E-state index in [4.69, 9.17) is 39.5 Å². The van der Waals surface area contributed by atoms with Crippen LogP contribution in [0.3, 0.4) is 0 Å². The molecule has 3 rings (SSSR count). The van der Waals surface area contributed by atoms with Gasteiger partial charge in [0.1, 0.15) is 0 Å². The van der Waals surface area contributed by atoms with Gasteiger partial charge in [0, 0.05) is 18.8 Å². The number of carbonyl (C=O) groups is 2. The van der Waals surface area contributed by atoms with Crippen LogP contribution in [0.1, 0.15) is 10.4 Å². The molecule has 2 amide bonds. The lowest BCUT2D eigenvalue weighted by Gasteiger charge is -2.27. The molecule has 1 aliphatic rings. The Kier molecular flexibility index (Phi) is 7.02. The standard InChI is InChI=1S/C19H18Cl3N3O3/c20-14-2-1-3-16(18(14)22)24-17(26)11-23-12-4-5-13(15(21)10-12)19(27)25-6-8-28-9-7-25/h1-5,10,23H,6-9,11H2,(H,24,26). The minimum Gasteiger partial charge on any atom is -0.378 e. The molecule has 6 nitrogen and oxygen atoms in total. The first-order valence-corrected chi connectivity index (χ1v) is 9.73. The highest BCUT2D eigenvalue weighted by atomic mass is 35.5. The number of hydrogen-bond acceptors (Lipinski definition) is 4. The molecule has 0 aromatic heterocycles. The van der Waals surface area contributed by atoms with Gasteiger partial charge in [-0.05, 0) is 30.3 Å². The lowest BCUT2D eigenvalue weighted by atomic mass is 10.1. The maximum atomic E-state index is 12.5. The zero-order valence-corrected chi connectivity index (χ0v) is 17.1. The van der Waals surface area contributed by atoms with E-state index in [0.717, 1.165) is 0 Å². The van der Waals surface area contributed by atoms with Crippen LogP contribution in [0.2, 0.25) is 15.1 Å². The number of halogens is 3. The average molecular weight is 443 g/mol. The molecule has 1 aliphatic heterocycles. The fraction of sp³-hybridized carbons (Fsp3) is 0.263. The molecule has 2 aromatic rings. The van der Waals surface area contributed by atoms with Crippen molar-refractivity contribution < 1.29 is 14.3 Å². The van der Waals surface area contributed by atoms with Gasteiger partial charge in [-0.1, -0.05) is 40.9 Å². The van der Waals surface area contributed by atoms with Crippen LogP contribution in [-0.2, 0) is 9.53 Å². The van der Waals surface area contributed by atoms with Crippen molar-refractivity contribution in [1.82, 2.24) is 4.90 Å². The number of ether oxygens (including phenoxy) is 1. The highest BCUT2D eigenvalue weighted by molar-refractivity contribution is 6.44. The molecule has 0 unspecified atom stereocenters. The Morgan fingerprint density at radius 1 is 1.04 bits per heavy atom. The summed E-state index contributed by atoms with van der Waals surface area (Å²) in [7, 11) is 0. The van der Waals surface area contributed by atoms with Crippen molar-refractivity contribution in [2.45, 2.75) is 0 Å². The van der Waals surface area contributed by atoms with Gasteiger partial charge in [-0.2, -0.15) is 0 Å². The molecule has 0 aliphatic carbocycles. The third-order valence-electron chi connectivity index (χ3n) is 4.18. The quantitative estimate of drug-likeness (QED) is 0.729. The first-order chi connectivity index (χ1) is 13.5. The van der Waals surface area contributed by atoms with Gasteiger partial charge in [-0.25, -0.2) is 0 Å². The Bertz CT molecular complexity index is 886. The van der Waals surface area contributed by atoms with E-state index in [-0.39, 0.29) is 23.4 Å². The number of hydrogen-bond donors (Lipinski definition) is 2. The van der Waals surface area contributed by atoms with Crippen LogP contribution in [0.4, 0.5) is 11.4 Å². The van der Waals surface area contributed by atoms with Crippen LogP contribution in [0, 0.1) is 0 Å². The van der Waals surface area contributed by atoms with Crippen molar-refractivity contribution in [3.63, 3.8) is 0 Å². The molecule has 2 N–H and O–H groups in total. The number of nitrogens with one attached hydrogen (secondary N) is 2. The number of anilines is 2. The zero-order chi connectivity index (χ0) is 20.1. The molecule has 1 saturated heterocycles. The molecule has 1 heterocycles. The van der Waals surface area contributed by atoms with E-state index in [1.807, 2.05) is 0 Å². The van der Waals surface area contributed by atoms with Crippen LogP contribution < -0.4 is 10.6 Å². The maximum Gasteiger partial charge on any atom is 0.255 e. The van der Waals surface area contributed by atoms with E-state index in [1.165, 1.54) is 0 Å². The molecule has 0 radical (unpaired) electrons. The normalized spacial score (nSPS) is 13.9. The smallest absolute Gasteiger partial charge is 0.255 e. The van der Waals surface area contributed by atoms with Crippen LogP contribution in [0.15, 0.2) is 36.4 Å². The predicted molar refractivity (Wildman–Crippen MR) is 112 cm³/mol. The first-order valence-electron chi connectivity index (χ1n) is 8.60. The summed E-state index contributed by atoms with van der Waals surface area (Å²) < 4.78 is 5.26. The van der Waals surface area contributed by atoms with Crippen LogP contribution in [0.25, 0.3) is 0 Å². The molecular weight excluding hydrogens is 425 g/mol. The second kappa shape index (κ2) is 9.47. The third-order valence-corrected chi connectivity index (χ3v) is 5.31. The second-order valence-corrected chi connectivity index (χ2v) is 7.29. The highest BCUT2D eigenvalue weighted by Gasteiger charge is 2.20. The monoisotopic (exact) mass is 441 g/mol. The van der Waals surface area contributed by atoms with Gasteiger partial charge < -0.3 is 20.3 Å². The van der Waals surface area contributed by atoms with Crippen molar-refractivity contribution in [3.05, 3.63) is 57.0 Å². The largest absolute Gasteiger partial charge is 0.378 e. The molecule has 0 atom stereocenters. The Labute approximate surface area is 177 Å². The van der Waals surface area contributed by atoms with Gasteiger partial charge in [0.2, 0.25) is 5.91 Å². The van der Waals surface area contributed by atoms with Gasteiger partial charge in [0.05, 0.1) is 46.1 Å². The zero-order valence-electron chi connectivity index (χ0n) is 14.8. The van der Waals surface area contributed by atoms with Crippen molar-refractivity contribution in [1.29, 1.82) is 0 Å². The van der Waals surface area contributed by atoms with Gasteiger partial charge >= 0.3 is 0 Å². The Morgan fingerprint density at radius 3 is 2.50 bits per heavy atom. The SMILES string of the molecule is O=C(CNc1ccc(C(=O)N2CCOCC2)c(Cl)c1)Nc1cccc(Cl)c1Cl. The lowest BCUT2D eigenvalue weighted by molar-refractivity contribution is -0.114. The maximum absolute atomic E-state index is 12.5. The Morgan fingerprint density at radius 2 is 1.79 bits per heavy atom. The number of benzene rings is 2. The minimum absolute atomic E-state index is 0.00404. The number of nitrogens with zero attached hydrogens (tertiary/aromatic N) is 1. The summed E-state index contributed by atoms with van der Waals surface area (Å²) in [6, 6.07) is 9.97. The van der Waals surface area contributed by atoms with Crippen molar-refractivity contribution in [2.75, 3.05) is 43.5 Å². The van der Waals surface area contributed by atoms with Crippen molar-refractivity contribution >= 4 is 58.0 Å². The van der Waals surface area contributed by atoms with Gasteiger partial charge in [0.15, 0.2) is 0 Å². The summed E-state index contributed by atoms with van der Waals surface area (Å²) in [5.41, 5.74) is 1.48. The van der Waals surface area contributed by atoms with Crippen LogP contribution in [-0.4, -0.2) is 49.6 Å². The minimum atomic E-state index is -0.297. The van der Waals surface area contributed by atoms with E-state index < -0.39 is 0 Å². The van der Waals surface area contributed by atoms with E-state index in [2.05, 4.69) is 10.6 Å². The van der Waals surface area contributed by atoms with E-state index in [1.54, 1.807) is 41.3 Å². The molecule has 2 aromatic carbocycles. The summed E-state index contributed by atoms with van der Waals surface area (Å²) in [4.78, 5) is 26.4. The highest BCUT2D eigenvalue weighted by Crippen LogP contribution is 2.29. The number of morpholine rings is 1. The lowest BCUT2D eigenvalue weighted by Crippen LogP contribution is -2.40. The van der Waals surface area contributed by atoms with E-state index in [0.29, 0.717) is 53.3 Å². The van der Waals surface area contributed by atoms with Crippen LogP contribution >= 0.6 is 34.8 Å². The molecule has 0 spiro atoms. The molecule has 1 fully saturated rings. The molecule has 148 valence electrons. The van der Waals surface area contributed by atoms with Gasteiger partial charge in [-0.15, -0.1) is 0 Å². The second-order valence-electron chi connectivity index (χ2n) is 6.10. The number of carbonyl (C=O) groups excluding carboxylic acids is 2. The summed E-state index contributed by atoms with van der Waals surface area (Å²) in [5.74, 6) is -0.429. The Balaban J connectivity index is 1.59. The summed E-state index contributed by atoms with van der Waals surface area (Å²) in [6.07, 6.45) is 0. The fourth-order valence-corrected chi connectivity index (χ4v) is 3.32. The first kappa shape index (κ1) is 20.7.